The Kier molecular flexibility index (Phi) is 5.29. The van der Waals surface area contributed by atoms with Crippen LogP contribution in [0.3, 0.4) is 0 Å². The van der Waals surface area contributed by atoms with Crippen molar-refractivity contribution in [2.75, 3.05) is 5.32 Å². The summed E-state index contributed by atoms with van der Waals surface area (Å²) in [7, 11) is 0. The molecule has 0 spiro atoms. The highest BCUT2D eigenvalue weighted by Gasteiger charge is 2.10. The molecular weight excluding hydrogens is 328 g/mol. The molecule has 0 radical (unpaired) electrons. The number of thiazole rings is 1. The third-order valence-electron chi connectivity index (χ3n) is 4.14. The van der Waals surface area contributed by atoms with Crippen molar-refractivity contribution in [3.05, 3.63) is 70.7 Å². The summed E-state index contributed by atoms with van der Waals surface area (Å²) in [6, 6.07) is 16.3. The van der Waals surface area contributed by atoms with E-state index in [0.29, 0.717) is 5.92 Å². The predicted octanol–water partition coefficient (Wildman–Crippen LogP) is 5.42. The van der Waals surface area contributed by atoms with Crippen molar-refractivity contribution in [1.29, 1.82) is 0 Å². The van der Waals surface area contributed by atoms with Crippen molar-refractivity contribution < 1.29 is 4.79 Å². The fraction of sp³-hybridized carbons (Fsp3) is 0.238. The van der Waals surface area contributed by atoms with E-state index in [0.717, 1.165) is 27.5 Å². The molecular formula is C21H22N2OS. The number of hydrogen-bond donors (Lipinski definition) is 1. The lowest BCUT2D eigenvalue weighted by molar-refractivity contribution is -0.115. The summed E-state index contributed by atoms with van der Waals surface area (Å²) in [5, 5.41) is 5.87. The van der Waals surface area contributed by atoms with Gasteiger partial charge >= 0.3 is 0 Å². The number of nitrogens with zero attached hydrogens (tertiary/aromatic N) is 1. The fourth-order valence-electron chi connectivity index (χ4n) is 2.60. The maximum atomic E-state index is 12.3. The molecule has 0 aliphatic heterocycles. The third kappa shape index (κ3) is 4.34. The molecule has 0 aliphatic carbocycles. The zero-order chi connectivity index (χ0) is 17.8. The lowest BCUT2D eigenvalue weighted by Crippen LogP contribution is -2.15. The van der Waals surface area contributed by atoms with Crippen LogP contribution >= 0.6 is 11.3 Å². The van der Waals surface area contributed by atoms with Gasteiger partial charge in [0.15, 0.2) is 0 Å². The van der Waals surface area contributed by atoms with Crippen LogP contribution < -0.4 is 5.32 Å². The molecule has 4 heteroatoms. The highest BCUT2D eigenvalue weighted by atomic mass is 32.1. The molecule has 128 valence electrons. The highest BCUT2D eigenvalue weighted by Crippen LogP contribution is 2.26. The van der Waals surface area contributed by atoms with Crippen LogP contribution in [0.5, 0.6) is 0 Å². The van der Waals surface area contributed by atoms with Crippen LogP contribution in [0.1, 0.15) is 36.6 Å². The van der Waals surface area contributed by atoms with Gasteiger partial charge in [0.2, 0.25) is 5.91 Å². The van der Waals surface area contributed by atoms with Gasteiger partial charge in [0.05, 0.1) is 12.1 Å². The summed E-state index contributed by atoms with van der Waals surface area (Å²) in [4.78, 5) is 16.9. The van der Waals surface area contributed by atoms with Crippen molar-refractivity contribution in [2.24, 2.45) is 0 Å². The Hall–Kier alpha value is -2.46. The maximum absolute atomic E-state index is 12.3. The smallest absolute Gasteiger partial charge is 0.230 e. The first kappa shape index (κ1) is 17.4. The second-order valence-electron chi connectivity index (χ2n) is 6.46. The third-order valence-corrected chi connectivity index (χ3v) is 5.08. The largest absolute Gasteiger partial charge is 0.326 e. The maximum Gasteiger partial charge on any atom is 0.230 e. The van der Waals surface area contributed by atoms with Crippen LogP contribution in [0.25, 0.3) is 10.6 Å². The van der Waals surface area contributed by atoms with E-state index in [-0.39, 0.29) is 12.3 Å². The normalized spacial score (nSPS) is 10.9. The minimum absolute atomic E-state index is 0.0405. The van der Waals surface area contributed by atoms with E-state index < -0.39 is 0 Å². The van der Waals surface area contributed by atoms with Crippen LogP contribution in [-0.2, 0) is 11.2 Å². The molecule has 1 heterocycles. The average Bonchev–Trinajstić information content (AvgIpc) is 3.05. The van der Waals surface area contributed by atoms with Gasteiger partial charge in [0.1, 0.15) is 5.01 Å². The van der Waals surface area contributed by atoms with Crippen molar-refractivity contribution in [1.82, 2.24) is 4.98 Å². The standard InChI is InChI=1S/C21H22N2OS/c1-14(2)16-8-10-17(11-9-16)21-22-18(13-25-21)12-20(24)23-19-7-5-4-6-15(19)3/h4-11,13-14H,12H2,1-3H3,(H,23,24). The number of hydrogen-bond acceptors (Lipinski definition) is 3. The molecule has 3 aromatic rings. The van der Waals surface area contributed by atoms with E-state index >= 15 is 0 Å². The summed E-state index contributed by atoms with van der Waals surface area (Å²) in [6.45, 7) is 6.35. The molecule has 0 atom stereocenters. The Morgan fingerprint density at radius 3 is 2.52 bits per heavy atom. The van der Waals surface area contributed by atoms with Crippen molar-refractivity contribution >= 4 is 22.9 Å². The molecule has 0 unspecified atom stereocenters. The lowest BCUT2D eigenvalue weighted by Gasteiger charge is -2.07. The molecule has 0 bridgehead atoms. The van der Waals surface area contributed by atoms with Gasteiger partial charge in [-0.15, -0.1) is 11.3 Å². The Morgan fingerprint density at radius 2 is 1.84 bits per heavy atom. The second kappa shape index (κ2) is 7.62. The van der Waals surface area contributed by atoms with Gasteiger partial charge in [0, 0.05) is 16.6 Å². The molecule has 1 N–H and O–H groups in total. The topological polar surface area (TPSA) is 42.0 Å². The number of para-hydroxylation sites is 1. The number of carbonyl (C=O) groups is 1. The summed E-state index contributed by atoms with van der Waals surface area (Å²) in [5.74, 6) is 0.479. The van der Waals surface area contributed by atoms with E-state index in [1.807, 2.05) is 36.6 Å². The second-order valence-corrected chi connectivity index (χ2v) is 7.32. The predicted molar refractivity (Wildman–Crippen MR) is 105 cm³/mol. The Balaban J connectivity index is 1.67. The number of nitrogens with one attached hydrogen (secondary N) is 1. The van der Waals surface area contributed by atoms with Crippen LogP contribution in [0.2, 0.25) is 0 Å². The van der Waals surface area contributed by atoms with E-state index in [1.54, 1.807) is 11.3 Å². The van der Waals surface area contributed by atoms with E-state index in [9.17, 15) is 4.79 Å². The van der Waals surface area contributed by atoms with Gasteiger partial charge in [-0.05, 0) is 30.0 Å². The van der Waals surface area contributed by atoms with Gasteiger partial charge in [0.25, 0.3) is 0 Å². The Morgan fingerprint density at radius 1 is 1.12 bits per heavy atom. The van der Waals surface area contributed by atoms with Gasteiger partial charge in [-0.1, -0.05) is 56.3 Å². The summed E-state index contributed by atoms with van der Waals surface area (Å²) in [6.07, 6.45) is 0.287. The van der Waals surface area contributed by atoms with Crippen LogP contribution in [0.15, 0.2) is 53.9 Å². The fourth-order valence-corrected chi connectivity index (χ4v) is 3.43. The van der Waals surface area contributed by atoms with Gasteiger partial charge < -0.3 is 5.32 Å². The van der Waals surface area contributed by atoms with E-state index in [2.05, 4.69) is 48.4 Å². The molecule has 3 rings (SSSR count). The average molecular weight is 350 g/mol. The number of aromatic nitrogens is 1. The summed E-state index contributed by atoms with van der Waals surface area (Å²) in [5.41, 5.74) is 5.13. The quantitative estimate of drug-likeness (QED) is 0.667. The molecule has 3 nitrogen and oxygen atoms in total. The number of benzene rings is 2. The molecule has 0 fully saturated rings. The monoisotopic (exact) mass is 350 g/mol. The van der Waals surface area contributed by atoms with Crippen molar-refractivity contribution in [3.63, 3.8) is 0 Å². The molecule has 0 aliphatic rings. The number of carbonyl (C=O) groups excluding carboxylic acids is 1. The number of aryl methyl sites for hydroxylation is 1. The Labute approximate surface area is 152 Å². The Bertz CT molecular complexity index is 866. The molecule has 1 amide bonds. The number of rotatable bonds is 5. The molecule has 0 saturated carbocycles. The minimum atomic E-state index is -0.0405. The van der Waals surface area contributed by atoms with Crippen molar-refractivity contribution in [3.8, 4) is 10.6 Å². The number of amides is 1. The van der Waals surface area contributed by atoms with Crippen LogP contribution in [0.4, 0.5) is 5.69 Å². The zero-order valence-corrected chi connectivity index (χ0v) is 15.6. The lowest BCUT2D eigenvalue weighted by atomic mass is 10.0. The van der Waals surface area contributed by atoms with Crippen molar-refractivity contribution in [2.45, 2.75) is 33.1 Å². The first-order valence-corrected chi connectivity index (χ1v) is 9.31. The minimum Gasteiger partial charge on any atom is -0.326 e. The van der Waals surface area contributed by atoms with Gasteiger partial charge in [-0.25, -0.2) is 4.98 Å². The van der Waals surface area contributed by atoms with E-state index in [4.69, 9.17) is 0 Å². The van der Waals surface area contributed by atoms with Crippen LogP contribution in [-0.4, -0.2) is 10.9 Å². The molecule has 2 aromatic carbocycles. The first-order valence-electron chi connectivity index (χ1n) is 8.43. The summed E-state index contributed by atoms with van der Waals surface area (Å²) < 4.78 is 0. The number of anilines is 1. The van der Waals surface area contributed by atoms with Crippen LogP contribution in [0, 0.1) is 6.92 Å². The highest BCUT2D eigenvalue weighted by molar-refractivity contribution is 7.13. The SMILES string of the molecule is Cc1ccccc1NC(=O)Cc1csc(-c2ccc(C(C)C)cc2)n1. The van der Waals surface area contributed by atoms with E-state index in [1.165, 1.54) is 5.56 Å². The van der Waals surface area contributed by atoms with Gasteiger partial charge in [-0.3, -0.25) is 4.79 Å². The molecule has 1 aromatic heterocycles. The molecule has 25 heavy (non-hydrogen) atoms. The summed E-state index contributed by atoms with van der Waals surface area (Å²) >= 11 is 1.58. The first-order chi connectivity index (χ1) is 12.0. The molecule has 0 saturated heterocycles. The van der Waals surface area contributed by atoms with Gasteiger partial charge in [-0.2, -0.15) is 0 Å². The zero-order valence-electron chi connectivity index (χ0n) is 14.7.